The fourth-order valence-electron chi connectivity index (χ4n) is 7.25. The predicted octanol–water partition coefficient (Wildman–Crippen LogP) is 5.06. The summed E-state index contributed by atoms with van der Waals surface area (Å²) in [5, 5.41) is 0.916. The van der Waals surface area contributed by atoms with Crippen LogP contribution in [0.5, 0.6) is 5.75 Å². The van der Waals surface area contributed by atoms with E-state index in [1.54, 1.807) is 10.6 Å². The van der Waals surface area contributed by atoms with E-state index >= 15 is 0 Å². The number of rotatable bonds is 4. The van der Waals surface area contributed by atoms with Gasteiger partial charge in [-0.05, 0) is 81.4 Å². The Kier molecular flexibility index (Phi) is 6.57. The summed E-state index contributed by atoms with van der Waals surface area (Å²) in [5.41, 5.74) is 4.80. The van der Waals surface area contributed by atoms with Crippen LogP contribution in [0.3, 0.4) is 0 Å². The minimum Gasteiger partial charge on any atom is -0.454 e. The quantitative estimate of drug-likeness (QED) is 0.325. The lowest BCUT2D eigenvalue weighted by Gasteiger charge is -2.39. The number of hydrogen-bond donors (Lipinski definition) is 0. The zero-order chi connectivity index (χ0) is 28.2. The summed E-state index contributed by atoms with van der Waals surface area (Å²) in [6, 6.07) is 8.05. The van der Waals surface area contributed by atoms with Gasteiger partial charge in [0.2, 0.25) is 0 Å². The summed E-state index contributed by atoms with van der Waals surface area (Å²) in [4.78, 5) is 48.3. The molecule has 1 aromatic carbocycles. The molecule has 41 heavy (non-hydrogen) atoms. The minimum absolute atomic E-state index is 0.144. The Morgan fingerprint density at radius 1 is 1.05 bits per heavy atom. The lowest BCUT2D eigenvalue weighted by atomic mass is 9.98. The van der Waals surface area contributed by atoms with Gasteiger partial charge in [-0.15, -0.1) is 0 Å². The van der Waals surface area contributed by atoms with Gasteiger partial charge in [-0.3, -0.25) is 4.79 Å². The molecule has 9 nitrogen and oxygen atoms in total. The van der Waals surface area contributed by atoms with Gasteiger partial charge in [-0.25, -0.2) is 14.6 Å². The number of hydrogen-bond acceptors (Lipinski definition) is 7. The number of piperidine rings is 2. The summed E-state index contributed by atoms with van der Waals surface area (Å²) < 4.78 is 13.0. The largest absolute Gasteiger partial charge is 0.454 e. The molecule has 0 aliphatic carbocycles. The molecular weight excluding hydrogens is 520 g/mol. The van der Waals surface area contributed by atoms with Crippen LogP contribution in [0.4, 0.5) is 4.79 Å². The predicted molar refractivity (Wildman–Crippen MR) is 154 cm³/mol. The van der Waals surface area contributed by atoms with Crippen LogP contribution in [0.1, 0.15) is 85.5 Å². The molecule has 1 amide bonds. The number of pyridine rings is 2. The van der Waals surface area contributed by atoms with Crippen molar-refractivity contribution in [3.63, 3.8) is 0 Å². The highest BCUT2D eigenvalue weighted by atomic mass is 16.6. The number of carbonyl (C=O) groups is 2. The molecule has 2 saturated heterocycles. The van der Waals surface area contributed by atoms with Crippen LogP contribution in [-0.4, -0.2) is 63.6 Å². The van der Waals surface area contributed by atoms with E-state index in [4.69, 9.17) is 14.5 Å². The van der Waals surface area contributed by atoms with Crippen LogP contribution in [0.15, 0.2) is 29.1 Å². The van der Waals surface area contributed by atoms with Crippen LogP contribution in [0.25, 0.3) is 22.3 Å². The van der Waals surface area contributed by atoms with E-state index in [1.165, 1.54) is 32.4 Å². The van der Waals surface area contributed by atoms with Gasteiger partial charge in [0.1, 0.15) is 17.4 Å². The molecule has 0 saturated carbocycles. The molecule has 2 fully saturated rings. The molecule has 0 spiro atoms. The maximum absolute atomic E-state index is 13.4. The number of esters is 1. The van der Waals surface area contributed by atoms with Crippen LogP contribution >= 0.6 is 0 Å². The molecule has 0 radical (unpaired) electrons. The van der Waals surface area contributed by atoms with Crippen molar-refractivity contribution >= 4 is 23.0 Å². The van der Waals surface area contributed by atoms with Crippen molar-refractivity contribution in [1.82, 2.24) is 19.4 Å². The van der Waals surface area contributed by atoms with E-state index in [0.717, 1.165) is 52.7 Å². The van der Waals surface area contributed by atoms with Gasteiger partial charge in [0.05, 0.1) is 23.4 Å². The van der Waals surface area contributed by atoms with E-state index in [-0.39, 0.29) is 17.2 Å². The monoisotopic (exact) mass is 556 g/mol. The summed E-state index contributed by atoms with van der Waals surface area (Å²) in [6.07, 6.45) is 6.49. The summed E-state index contributed by atoms with van der Waals surface area (Å²) in [6.45, 7) is 8.15. The minimum atomic E-state index is -0.542. The first-order valence-electron chi connectivity index (χ1n) is 15.1. The van der Waals surface area contributed by atoms with E-state index in [0.29, 0.717) is 43.4 Å². The number of likely N-dealkylation sites (tertiary alicyclic amines) is 2. The average molecular weight is 557 g/mol. The molecule has 6 heterocycles. The second kappa shape index (κ2) is 10.3. The number of fused-ring (bicyclic) bond motifs is 5. The summed E-state index contributed by atoms with van der Waals surface area (Å²) in [5.74, 6) is -0.0450. The van der Waals surface area contributed by atoms with Gasteiger partial charge in [-0.2, -0.15) is 0 Å². The van der Waals surface area contributed by atoms with Crippen molar-refractivity contribution in [3.8, 4) is 17.1 Å². The number of ether oxygens (including phenoxy) is 2. The maximum Gasteiger partial charge on any atom is 0.415 e. The van der Waals surface area contributed by atoms with Crippen molar-refractivity contribution in [2.75, 3.05) is 26.2 Å². The third-order valence-electron chi connectivity index (χ3n) is 9.42. The smallest absolute Gasteiger partial charge is 0.415 e. The molecule has 214 valence electrons. The van der Waals surface area contributed by atoms with Crippen molar-refractivity contribution in [1.29, 1.82) is 0 Å². The van der Waals surface area contributed by atoms with Crippen molar-refractivity contribution in [2.24, 2.45) is 0 Å². The van der Waals surface area contributed by atoms with Crippen LogP contribution < -0.4 is 10.3 Å². The third-order valence-corrected chi connectivity index (χ3v) is 9.42. The van der Waals surface area contributed by atoms with Crippen molar-refractivity contribution in [2.45, 2.75) is 77.5 Å². The SMILES string of the molecule is CCc1c2c(nc3ccc(OC(=O)N4CCC(N5CCCCC5)CC4)cc13)-c1cc3c(c(=O)n1C2)C(=O)O[C@H]3CC. The van der Waals surface area contributed by atoms with Crippen LogP contribution in [0, 0.1) is 0 Å². The Balaban J connectivity index is 1.15. The average Bonchev–Trinajstić information content (AvgIpc) is 3.54. The first kappa shape index (κ1) is 26.2. The Hall–Kier alpha value is -3.72. The number of cyclic esters (lactones) is 1. The Morgan fingerprint density at radius 3 is 2.56 bits per heavy atom. The zero-order valence-electron chi connectivity index (χ0n) is 23.8. The number of aryl methyl sites for hydroxylation is 1. The number of aromatic nitrogens is 2. The van der Waals surface area contributed by atoms with Crippen molar-refractivity contribution in [3.05, 3.63) is 56.9 Å². The Labute approximate surface area is 239 Å². The first-order valence-corrected chi connectivity index (χ1v) is 15.1. The van der Waals surface area contributed by atoms with Gasteiger partial charge in [-0.1, -0.05) is 20.3 Å². The molecule has 3 aromatic rings. The fraction of sp³-hybridized carbons (Fsp3) is 0.500. The van der Waals surface area contributed by atoms with Gasteiger partial charge in [0.15, 0.2) is 0 Å². The Bertz CT molecular complexity index is 1610. The number of benzene rings is 1. The highest BCUT2D eigenvalue weighted by Gasteiger charge is 2.37. The second-order valence-electron chi connectivity index (χ2n) is 11.7. The first-order chi connectivity index (χ1) is 20.0. The molecular formula is C32H36N4O5. The molecule has 9 heteroatoms. The highest BCUT2D eigenvalue weighted by molar-refractivity contribution is 5.95. The molecule has 1 atom stereocenters. The van der Waals surface area contributed by atoms with E-state index in [1.807, 2.05) is 30.0 Å². The number of carbonyl (C=O) groups excluding carboxylic acids is 2. The topological polar surface area (TPSA) is 94.0 Å². The summed E-state index contributed by atoms with van der Waals surface area (Å²) >= 11 is 0. The molecule has 7 rings (SSSR count). The Morgan fingerprint density at radius 2 is 1.83 bits per heavy atom. The van der Waals surface area contributed by atoms with Gasteiger partial charge in [0.25, 0.3) is 5.56 Å². The van der Waals surface area contributed by atoms with E-state index < -0.39 is 12.1 Å². The molecule has 0 bridgehead atoms. The third kappa shape index (κ3) is 4.33. The number of nitrogens with zero attached hydrogens (tertiary/aromatic N) is 4. The normalized spacial score (nSPS) is 20.6. The lowest BCUT2D eigenvalue weighted by Crippen LogP contribution is -2.48. The number of amides is 1. The van der Waals surface area contributed by atoms with Crippen LogP contribution in [-0.2, 0) is 17.7 Å². The lowest BCUT2D eigenvalue weighted by molar-refractivity contribution is 0.0377. The molecule has 0 N–H and O–H groups in total. The van der Waals surface area contributed by atoms with Crippen LogP contribution in [0.2, 0.25) is 0 Å². The van der Waals surface area contributed by atoms with E-state index in [9.17, 15) is 14.4 Å². The zero-order valence-corrected chi connectivity index (χ0v) is 23.8. The van der Waals surface area contributed by atoms with Gasteiger partial charge >= 0.3 is 12.1 Å². The maximum atomic E-state index is 13.4. The molecule has 4 aliphatic rings. The van der Waals surface area contributed by atoms with Gasteiger partial charge in [0, 0.05) is 35.6 Å². The van der Waals surface area contributed by atoms with Gasteiger partial charge < -0.3 is 23.8 Å². The van der Waals surface area contributed by atoms with Crippen molar-refractivity contribution < 1.29 is 19.1 Å². The molecule has 4 aliphatic heterocycles. The summed E-state index contributed by atoms with van der Waals surface area (Å²) in [7, 11) is 0. The molecule has 2 aromatic heterocycles. The fourth-order valence-corrected chi connectivity index (χ4v) is 7.25. The standard InChI is InChI=1S/C32H36N4O5/c1-3-21-22-16-20(40-32(39)35-14-10-19(11-15-35)34-12-6-5-7-13-34)8-9-25(22)33-29-24(21)18-36-26(29)17-23-27(4-2)41-31(38)28(23)30(36)37/h8-9,16-17,19,27H,3-7,10-15,18H2,1-2H3/t27-/m0/s1. The second-order valence-corrected chi connectivity index (χ2v) is 11.7. The molecule has 0 unspecified atom stereocenters. The van der Waals surface area contributed by atoms with E-state index in [2.05, 4.69) is 11.8 Å². The highest BCUT2D eigenvalue weighted by Crippen LogP contribution is 2.40.